The van der Waals surface area contributed by atoms with E-state index in [-0.39, 0.29) is 0 Å². The van der Waals surface area contributed by atoms with E-state index in [9.17, 15) is 0 Å². The number of nitrogens with zero attached hydrogens (tertiary/aromatic N) is 1. The third-order valence-electron chi connectivity index (χ3n) is 2.99. The molecule has 1 nitrogen and oxygen atoms in total. The molecule has 0 unspecified atom stereocenters. The minimum Gasteiger partial charge on any atom is -0.193 e. The molecule has 1 aliphatic carbocycles. The second kappa shape index (κ2) is 4.31. The monoisotopic (exact) mass is 197 g/mol. The van der Waals surface area contributed by atoms with Gasteiger partial charge < -0.3 is 0 Å². The molecule has 0 fully saturated rings. The van der Waals surface area contributed by atoms with Gasteiger partial charge in [-0.3, -0.25) is 0 Å². The molecule has 0 aliphatic heterocycles. The molecular formula is C14H15N. The van der Waals surface area contributed by atoms with Crippen molar-refractivity contribution in [1.29, 1.82) is 5.26 Å². The van der Waals surface area contributed by atoms with Gasteiger partial charge in [-0.05, 0) is 42.4 Å². The zero-order valence-electron chi connectivity index (χ0n) is 8.92. The molecule has 1 aromatic rings. The van der Waals surface area contributed by atoms with E-state index in [4.69, 9.17) is 5.26 Å². The quantitative estimate of drug-likeness (QED) is 0.668. The Bertz CT molecular complexity index is 423. The average Bonchev–Trinajstić information content (AvgIpc) is 2.29. The molecule has 0 atom stereocenters. The highest BCUT2D eigenvalue weighted by Crippen LogP contribution is 2.22. The van der Waals surface area contributed by atoms with Gasteiger partial charge in [-0.25, -0.2) is 0 Å². The molecule has 2 rings (SSSR count). The summed E-state index contributed by atoms with van der Waals surface area (Å²) in [5.74, 6) is 0. The first-order valence-corrected chi connectivity index (χ1v) is 5.48. The maximum atomic E-state index is 8.68. The average molecular weight is 197 g/mol. The minimum absolute atomic E-state index is 0.644. The van der Waals surface area contributed by atoms with Gasteiger partial charge in [-0.1, -0.05) is 24.8 Å². The third kappa shape index (κ3) is 2.27. The number of hydrogen-bond donors (Lipinski definition) is 0. The van der Waals surface area contributed by atoms with Crippen molar-refractivity contribution in [2.75, 3.05) is 0 Å². The highest BCUT2D eigenvalue weighted by Gasteiger charge is 2.09. The largest absolute Gasteiger partial charge is 0.193 e. The van der Waals surface area contributed by atoms with Crippen LogP contribution in [0.2, 0.25) is 0 Å². The first-order valence-electron chi connectivity index (χ1n) is 5.48. The van der Waals surface area contributed by atoms with E-state index in [1.54, 1.807) is 0 Å². The van der Waals surface area contributed by atoms with Gasteiger partial charge in [0.1, 0.15) is 0 Å². The molecule has 1 aromatic carbocycles. The van der Waals surface area contributed by atoms with E-state index in [0.29, 0.717) is 12.0 Å². The first-order chi connectivity index (χ1) is 7.29. The van der Waals surface area contributed by atoms with Gasteiger partial charge in [-0.15, -0.1) is 0 Å². The number of fused-ring (bicyclic) bond motifs is 1. The predicted molar refractivity (Wildman–Crippen MR) is 61.5 cm³/mol. The van der Waals surface area contributed by atoms with Crippen LogP contribution in [0.3, 0.4) is 0 Å². The summed E-state index contributed by atoms with van der Waals surface area (Å²) in [6.07, 6.45) is 5.73. The fourth-order valence-electron chi connectivity index (χ4n) is 2.18. The summed E-state index contributed by atoms with van der Waals surface area (Å²) in [5, 5.41) is 8.68. The Morgan fingerprint density at radius 1 is 1.27 bits per heavy atom. The molecule has 0 N–H and O–H groups in total. The van der Waals surface area contributed by atoms with E-state index in [1.807, 2.05) is 0 Å². The molecule has 0 spiro atoms. The molecule has 0 heterocycles. The number of nitriles is 1. The predicted octanol–water partition coefficient (Wildman–Crippen LogP) is 3.19. The highest BCUT2D eigenvalue weighted by atomic mass is 14.2. The molecule has 76 valence electrons. The number of allylic oxidation sites excluding steroid dienone is 1. The topological polar surface area (TPSA) is 23.8 Å². The number of aryl methyl sites for hydroxylation is 2. The lowest BCUT2D eigenvalue weighted by Gasteiger charge is -2.16. The van der Waals surface area contributed by atoms with Crippen LogP contribution in [0.25, 0.3) is 0 Å². The van der Waals surface area contributed by atoms with Crippen LogP contribution in [0.4, 0.5) is 0 Å². The van der Waals surface area contributed by atoms with Gasteiger partial charge in [0.05, 0.1) is 6.07 Å². The Morgan fingerprint density at radius 2 is 2.00 bits per heavy atom. The number of hydrogen-bond acceptors (Lipinski definition) is 1. The number of benzene rings is 1. The standard InChI is InChI=1S/C14H15N/c1-11(10-15)8-12-6-7-13-4-2-3-5-14(13)9-12/h6-7,9H,1-5,8H2. The molecule has 0 saturated carbocycles. The van der Waals surface area contributed by atoms with Crippen LogP contribution in [-0.4, -0.2) is 0 Å². The molecule has 0 aromatic heterocycles. The molecular weight excluding hydrogens is 182 g/mol. The van der Waals surface area contributed by atoms with Crippen molar-refractivity contribution in [3.8, 4) is 6.07 Å². The Hall–Kier alpha value is -1.55. The van der Waals surface area contributed by atoms with Gasteiger partial charge >= 0.3 is 0 Å². The van der Waals surface area contributed by atoms with Crippen molar-refractivity contribution < 1.29 is 0 Å². The summed E-state index contributed by atoms with van der Waals surface area (Å²) >= 11 is 0. The first kappa shape index (κ1) is 9.98. The Morgan fingerprint density at radius 3 is 2.73 bits per heavy atom. The van der Waals surface area contributed by atoms with Crippen LogP contribution >= 0.6 is 0 Å². The van der Waals surface area contributed by atoms with Gasteiger partial charge in [-0.2, -0.15) is 5.26 Å². The second-order valence-electron chi connectivity index (χ2n) is 4.20. The van der Waals surface area contributed by atoms with Crippen LogP contribution in [-0.2, 0) is 19.3 Å². The smallest absolute Gasteiger partial charge is 0.0944 e. The number of rotatable bonds is 2. The van der Waals surface area contributed by atoms with E-state index in [1.165, 1.54) is 42.4 Å². The Balaban J connectivity index is 2.21. The SMILES string of the molecule is C=C(C#N)Cc1ccc2c(c1)CCCC2. The van der Waals surface area contributed by atoms with E-state index in [2.05, 4.69) is 30.8 Å². The second-order valence-corrected chi connectivity index (χ2v) is 4.20. The fraction of sp³-hybridized carbons (Fsp3) is 0.357. The van der Waals surface area contributed by atoms with Crippen LogP contribution in [0, 0.1) is 11.3 Å². The van der Waals surface area contributed by atoms with E-state index in [0.717, 1.165) is 0 Å². The minimum atomic E-state index is 0.644. The summed E-state index contributed by atoms with van der Waals surface area (Å²) in [6.45, 7) is 3.72. The maximum absolute atomic E-state index is 8.68. The third-order valence-corrected chi connectivity index (χ3v) is 2.99. The van der Waals surface area contributed by atoms with Crippen molar-refractivity contribution >= 4 is 0 Å². The molecule has 15 heavy (non-hydrogen) atoms. The summed E-state index contributed by atoms with van der Waals surface area (Å²) in [7, 11) is 0. The van der Waals surface area contributed by atoms with Crippen molar-refractivity contribution in [2.24, 2.45) is 0 Å². The Kier molecular flexibility index (Phi) is 2.87. The molecule has 0 bridgehead atoms. The summed E-state index contributed by atoms with van der Waals surface area (Å²) in [4.78, 5) is 0. The van der Waals surface area contributed by atoms with Gasteiger partial charge in [0.15, 0.2) is 0 Å². The molecule has 0 saturated heterocycles. The van der Waals surface area contributed by atoms with Crippen LogP contribution in [0.15, 0.2) is 30.4 Å². The van der Waals surface area contributed by atoms with E-state index < -0.39 is 0 Å². The van der Waals surface area contributed by atoms with Gasteiger partial charge in [0.25, 0.3) is 0 Å². The summed E-state index contributed by atoms with van der Waals surface area (Å²) < 4.78 is 0. The lowest BCUT2D eigenvalue weighted by Crippen LogP contribution is -2.03. The van der Waals surface area contributed by atoms with Crippen molar-refractivity contribution in [3.63, 3.8) is 0 Å². The van der Waals surface area contributed by atoms with E-state index >= 15 is 0 Å². The van der Waals surface area contributed by atoms with Crippen LogP contribution in [0.1, 0.15) is 29.5 Å². The lowest BCUT2D eigenvalue weighted by atomic mass is 9.89. The summed E-state index contributed by atoms with van der Waals surface area (Å²) in [5.41, 5.74) is 4.84. The van der Waals surface area contributed by atoms with Crippen LogP contribution < -0.4 is 0 Å². The van der Waals surface area contributed by atoms with Crippen molar-refractivity contribution in [3.05, 3.63) is 47.0 Å². The fourth-order valence-corrected chi connectivity index (χ4v) is 2.18. The van der Waals surface area contributed by atoms with Crippen LogP contribution in [0.5, 0.6) is 0 Å². The van der Waals surface area contributed by atoms with Crippen molar-refractivity contribution in [1.82, 2.24) is 0 Å². The zero-order valence-corrected chi connectivity index (χ0v) is 8.92. The Labute approximate surface area is 91.0 Å². The maximum Gasteiger partial charge on any atom is 0.0944 e. The van der Waals surface area contributed by atoms with Crippen molar-refractivity contribution in [2.45, 2.75) is 32.1 Å². The summed E-state index contributed by atoms with van der Waals surface area (Å²) in [6, 6.07) is 8.69. The molecule has 0 radical (unpaired) electrons. The lowest BCUT2D eigenvalue weighted by molar-refractivity contribution is 0.684. The molecule has 1 heteroatoms. The normalized spacial score (nSPS) is 14.1. The highest BCUT2D eigenvalue weighted by molar-refractivity contribution is 5.36. The molecule has 0 amide bonds. The molecule has 1 aliphatic rings. The van der Waals surface area contributed by atoms with Gasteiger partial charge in [0, 0.05) is 12.0 Å². The zero-order chi connectivity index (χ0) is 10.7. The van der Waals surface area contributed by atoms with Gasteiger partial charge in [0.2, 0.25) is 0 Å².